The second-order valence-corrected chi connectivity index (χ2v) is 6.57. The Bertz CT molecular complexity index is 1010. The van der Waals surface area contributed by atoms with Gasteiger partial charge < -0.3 is 4.57 Å². The maximum absolute atomic E-state index is 13.9. The summed E-state index contributed by atoms with van der Waals surface area (Å²) >= 11 is 12.8. The van der Waals surface area contributed by atoms with Crippen LogP contribution in [-0.4, -0.2) is 10.5 Å². The van der Waals surface area contributed by atoms with Crippen LogP contribution in [-0.2, 0) is 7.05 Å². The summed E-state index contributed by atoms with van der Waals surface area (Å²) in [6.07, 6.45) is 0. The number of hydrogen-bond acceptors (Lipinski definition) is 2. The molecule has 0 spiro atoms. The van der Waals surface area contributed by atoms with Gasteiger partial charge in [-0.05, 0) is 24.3 Å². The number of carbonyl (C=O) groups excluding carboxylic acids is 1. The van der Waals surface area contributed by atoms with E-state index >= 15 is 0 Å². The molecule has 8 heteroatoms. The molecule has 118 valence electrons. The number of amides is 1. The van der Waals surface area contributed by atoms with Gasteiger partial charge in [-0.15, -0.1) is 0 Å². The van der Waals surface area contributed by atoms with Gasteiger partial charge in [0, 0.05) is 18.1 Å². The van der Waals surface area contributed by atoms with Gasteiger partial charge >= 0.3 is 0 Å². The SMILES string of the molecule is Cn1c(=NC(=O)c2ccc(Cl)cc2Cl)sc2cc(F)cc(F)c21. The highest BCUT2D eigenvalue weighted by Gasteiger charge is 2.13. The maximum atomic E-state index is 13.9. The van der Waals surface area contributed by atoms with E-state index in [1.807, 2.05) is 0 Å². The maximum Gasteiger partial charge on any atom is 0.281 e. The Labute approximate surface area is 143 Å². The Morgan fingerprint density at radius 3 is 2.65 bits per heavy atom. The van der Waals surface area contributed by atoms with E-state index in [2.05, 4.69) is 4.99 Å². The standard InChI is InChI=1S/C15H8Cl2F2N2OS/c1-21-13-11(19)5-8(18)6-12(13)23-15(21)20-14(22)9-3-2-7(16)4-10(9)17/h2-6H,1H3. The molecule has 0 saturated heterocycles. The predicted octanol–water partition coefficient (Wildman–Crippen LogP) is 4.57. The number of hydrogen-bond donors (Lipinski definition) is 0. The third-order valence-electron chi connectivity index (χ3n) is 3.18. The average Bonchev–Trinajstić information content (AvgIpc) is 2.74. The van der Waals surface area contributed by atoms with Crippen LogP contribution >= 0.6 is 34.5 Å². The molecule has 2 aromatic carbocycles. The van der Waals surface area contributed by atoms with Gasteiger partial charge in [0.1, 0.15) is 5.82 Å². The normalized spacial score (nSPS) is 12.1. The number of benzene rings is 2. The number of carbonyl (C=O) groups is 1. The minimum atomic E-state index is -0.711. The van der Waals surface area contributed by atoms with E-state index in [1.54, 1.807) is 7.05 Å². The lowest BCUT2D eigenvalue weighted by molar-refractivity contribution is 0.0998. The fourth-order valence-electron chi connectivity index (χ4n) is 2.12. The summed E-state index contributed by atoms with van der Waals surface area (Å²) in [7, 11) is 1.55. The Balaban J connectivity index is 2.16. The van der Waals surface area contributed by atoms with Crippen molar-refractivity contribution in [2.45, 2.75) is 0 Å². The third kappa shape index (κ3) is 3.02. The number of aryl methyl sites for hydroxylation is 1. The minimum Gasteiger partial charge on any atom is -0.317 e. The molecule has 0 aliphatic rings. The van der Waals surface area contributed by atoms with Crippen LogP contribution in [0.1, 0.15) is 10.4 Å². The van der Waals surface area contributed by atoms with E-state index in [-0.39, 0.29) is 20.9 Å². The predicted molar refractivity (Wildman–Crippen MR) is 87.1 cm³/mol. The number of aromatic nitrogens is 1. The van der Waals surface area contributed by atoms with E-state index in [0.29, 0.717) is 9.72 Å². The van der Waals surface area contributed by atoms with Crippen molar-refractivity contribution in [2.24, 2.45) is 12.0 Å². The van der Waals surface area contributed by atoms with E-state index in [1.165, 1.54) is 28.8 Å². The Kier molecular flexibility index (Phi) is 4.23. The molecular formula is C15H8Cl2F2N2OS. The molecule has 0 atom stereocenters. The number of fused-ring (bicyclic) bond motifs is 1. The van der Waals surface area contributed by atoms with E-state index in [0.717, 1.165) is 17.4 Å². The van der Waals surface area contributed by atoms with Gasteiger partial charge in [0.2, 0.25) is 0 Å². The van der Waals surface area contributed by atoms with Crippen LogP contribution in [0.5, 0.6) is 0 Å². The van der Waals surface area contributed by atoms with Crippen molar-refractivity contribution in [3.05, 3.63) is 62.4 Å². The molecule has 3 nitrogen and oxygen atoms in total. The first kappa shape index (κ1) is 16.1. The van der Waals surface area contributed by atoms with Crippen molar-refractivity contribution in [3.63, 3.8) is 0 Å². The van der Waals surface area contributed by atoms with E-state index < -0.39 is 17.5 Å². The van der Waals surface area contributed by atoms with Crippen LogP contribution < -0.4 is 4.80 Å². The lowest BCUT2D eigenvalue weighted by atomic mass is 10.2. The summed E-state index contributed by atoms with van der Waals surface area (Å²) in [4.78, 5) is 16.4. The van der Waals surface area contributed by atoms with Gasteiger partial charge in [-0.1, -0.05) is 34.5 Å². The molecule has 3 aromatic rings. The van der Waals surface area contributed by atoms with Crippen LogP contribution in [0.3, 0.4) is 0 Å². The van der Waals surface area contributed by atoms with Crippen molar-refractivity contribution in [3.8, 4) is 0 Å². The zero-order chi connectivity index (χ0) is 16.7. The Morgan fingerprint density at radius 2 is 1.96 bits per heavy atom. The molecule has 0 bridgehead atoms. The lowest BCUT2D eigenvalue weighted by Gasteiger charge is -2.00. The molecule has 1 amide bonds. The summed E-state index contributed by atoms with van der Waals surface area (Å²) < 4.78 is 28.9. The molecule has 3 rings (SSSR count). The van der Waals surface area contributed by atoms with Crippen molar-refractivity contribution in [1.82, 2.24) is 4.57 Å². The van der Waals surface area contributed by atoms with Crippen LogP contribution in [0.25, 0.3) is 10.2 Å². The van der Waals surface area contributed by atoms with Gasteiger partial charge in [-0.2, -0.15) is 4.99 Å². The van der Waals surface area contributed by atoms with Crippen LogP contribution in [0.2, 0.25) is 10.0 Å². The second kappa shape index (κ2) is 6.03. The van der Waals surface area contributed by atoms with Gasteiger partial charge in [-0.3, -0.25) is 4.79 Å². The van der Waals surface area contributed by atoms with Crippen molar-refractivity contribution in [1.29, 1.82) is 0 Å². The summed E-state index contributed by atoms with van der Waals surface area (Å²) in [6.45, 7) is 0. The molecular weight excluding hydrogens is 365 g/mol. The zero-order valence-electron chi connectivity index (χ0n) is 11.6. The molecule has 0 fully saturated rings. The molecule has 0 aliphatic carbocycles. The first-order valence-corrected chi connectivity index (χ1v) is 7.93. The van der Waals surface area contributed by atoms with Crippen molar-refractivity contribution >= 4 is 50.7 Å². The van der Waals surface area contributed by atoms with Gasteiger partial charge in [0.15, 0.2) is 10.6 Å². The largest absolute Gasteiger partial charge is 0.317 e. The van der Waals surface area contributed by atoms with E-state index in [9.17, 15) is 13.6 Å². The Morgan fingerprint density at radius 1 is 1.22 bits per heavy atom. The fraction of sp³-hybridized carbons (Fsp3) is 0.0667. The average molecular weight is 373 g/mol. The van der Waals surface area contributed by atoms with Crippen LogP contribution in [0.4, 0.5) is 8.78 Å². The third-order valence-corrected chi connectivity index (χ3v) is 4.80. The van der Waals surface area contributed by atoms with E-state index in [4.69, 9.17) is 23.2 Å². The first-order valence-electron chi connectivity index (χ1n) is 6.35. The minimum absolute atomic E-state index is 0.173. The summed E-state index contributed by atoms with van der Waals surface area (Å²) in [5.41, 5.74) is 0.366. The number of thiazole rings is 1. The summed E-state index contributed by atoms with van der Waals surface area (Å²) in [5.74, 6) is -1.98. The molecule has 0 saturated carbocycles. The van der Waals surface area contributed by atoms with Crippen molar-refractivity contribution < 1.29 is 13.6 Å². The molecule has 1 heterocycles. The molecule has 0 radical (unpaired) electrons. The smallest absolute Gasteiger partial charge is 0.281 e. The number of rotatable bonds is 1. The van der Waals surface area contributed by atoms with Gasteiger partial charge in [0.25, 0.3) is 5.91 Å². The zero-order valence-corrected chi connectivity index (χ0v) is 13.9. The highest BCUT2D eigenvalue weighted by Crippen LogP contribution is 2.23. The number of halogens is 4. The highest BCUT2D eigenvalue weighted by molar-refractivity contribution is 7.16. The topological polar surface area (TPSA) is 34.4 Å². The molecule has 0 aliphatic heterocycles. The van der Waals surface area contributed by atoms with Crippen molar-refractivity contribution in [2.75, 3.05) is 0 Å². The highest BCUT2D eigenvalue weighted by atomic mass is 35.5. The summed E-state index contributed by atoms with van der Waals surface area (Å²) in [5, 5.41) is 0.573. The van der Waals surface area contributed by atoms with Crippen LogP contribution in [0.15, 0.2) is 35.3 Å². The molecule has 23 heavy (non-hydrogen) atoms. The monoisotopic (exact) mass is 372 g/mol. The first-order chi connectivity index (χ1) is 10.9. The van der Waals surface area contributed by atoms with Crippen LogP contribution in [0, 0.1) is 11.6 Å². The second-order valence-electron chi connectivity index (χ2n) is 4.72. The van der Waals surface area contributed by atoms with Gasteiger partial charge in [-0.25, -0.2) is 8.78 Å². The number of nitrogens with zero attached hydrogens (tertiary/aromatic N) is 2. The Hall–Kier alpha value is -1.76. The fourth-order valence-corrected chi connectivity index (χ4v) is 3.66. The van der Waals surface area contributed by atoms with Gasteiger partial charge in [0.05, 0.1) is 20.8 Å². The quantitative estimate of drug-likeness (QED) is 0.616. The lowest BCUT2D eigenvalue weighted by Crippen LogP contribution is -2.14. The molecule has 0 unspecified atom stereocenters. The molecule has 1 aromatic heterocycles. The summed E-state index contributed by atoms with van der Waals surface area (Å²) in [6, 6.07) is 6.41. The molecule has 0 N–H and O–H groups in total.